The van der Waals surface area contributed by atoms with Gasteiger partial charge in [0.2, 0.25) is 0 Å². The normalized spacial score (nSPS) is 21.9. The molecule has 106 valence electrons. The Hall–Kier alpha value is -0.100. The maximum Gasteiger partial charge on any atom is 0.128 e. The van der Waals surface area contributed by atoms with E-state index in [0.29, 0.717) is 25.2 Å². The summed E-state index contributed by atoms with van der Waals surface area (Å²) in [6, 6.07) is 4.88. The van der Waals surface area contributed by atoms with Gasteiger partial charge in [-0.1, -0.05) is 15.9 Å². The van der Waals surface area contributed by atoms with Crippen LogP contribution in [0.1, 0.15) is 31.7 Å². The van der Waals surface area contributed by atoms with Crippen LogP contribution in [0.4, 0.5) is 4.39 Å². The Labute approximate surface area is 127 Å². The minimum absolute atomic E-state index is 0.184. The first kappa shape index (κ1) is 15.3. The molecule has 1 aliphatic heterocycles. The van der Waals surface area contributed by atoms with Crippen molar-refractivity contribution in [3.8, 4) is 0 Å². The SMILES string of the molecule is CC(N)(CC1(S)CCOCC1)c1cc(Br)ccc1F. The minimum atomic E-state index is -0.743. The number of nitrogens with two attached hydrogens (primary N) is 1. The van der Waals surface area contributed by atoms with E-state index in [0.717, 1.165) is 17.3 Å². The number of rotatable bonds is 3. The summed E-state index contributed by atoms with van der Waals surface area (Å²) in [6.07, 6.45) is 2.32. The van der Waals surface area contributed by atoms with E-state index in [1.807, 2.05) is 6.92 Å². The van der Waals surface area contributed by atoms with Crippen molar-refractivity contribution in [1.29, 1.82) is 0 Å². The average molecular weight is 348 g/mol. The zero-order valence-electron chi connectivity index (χ0n) is 11.0. The molecule has 0 aromatic heterocycles. The van der Waals surface area contributed by atoms with E-state index < -0.39 is 5.54 Å². The van der Waals surface area contributed by atoms with Gasteiger partial charge in [-0.3, -0.25) is 0 Å². The summed E-state index contributed by atoms with van der Waals surface area (Å²) in [6.45, 7) is 3.26. The fraction of sp³-hybridized carbons (Fsp3) is 0.571. The smallest absolute Gasteiger partial charge is 0.128 e. The second kappa shape index (κ2) is 5.72. The van der Waals surface area contributed by atoms with Crippen LogP contribution in [0.25, 0.3) is 0 Å². The van der Waals surface area contributed by atoms with Gasteiger partial charge in [0.25, 0.3) is 0 Å². The summed E-state index contributed by atoms with van der Waals surface area (Å²) in [5.41, 5.74) is 6.16. The highest BCUT2D eigenvalue weighted by atomic mass is 79.9. The lowest BCUT2D eigenvalue weighted by atomic mass is 9.80. The van der Waals surface area contributed by atoms with E-state index in [9.17, 15) is 4.39 Å². The fourth-order valence-electron chi connectivity index (χ4n) is 2.64. The van der Waals surface area contributed by atoms with E-state index in [2.05, 4.69) is 15.9 Å². The molecule has 2 N–H and O–H groups in total. The zero-order valence-corrected chi connectivity index (χ0v) is 13.4. The second-order valence-corrected chi connectivity index (χ2v) is 7.42. The molecule has 1 fully saturated rings. The molecule has 1 aromatic carbocycles. The monoisotopic (exact) mass is 347 g/mol. The third-order valence-electron chi connectivity index (χ3n) is 3.66. The first-order chi connectivity index (χ1) is 8.82. The van der Waals surface area contributed by atoms with Crippen LogP contribution in [0, 0.1) is 5.82 Å². The minimum Gasteiger partial charge on any atom is -0.381 e. The Balaban J connectivity index is 2.23. The first-order valence-electron chi connectivity index (χ1n) is 6.37. The van der Waals surface area contributed by atoms with Gasteiger partial charge in [0.15, 0.2) is 0 Å². The first-order valence-corrected chi connectivity index (χ1v) is 7.61. The van der Waals surface area contributed by atoms with Gasteiger partial charge in [0, 0.05) is 33.5 Å². The number of benzene rings is 1. The maximum absolute atomic E-state index is 14.0. The number of ether oxygens (including phenoxy) is 1. The fourth-order valence-corrected chi connectivity index (χ4v) is 3.51. The van der Waals surface area contributed by atoms with Gasteiger partial charge < -0.3 is 10.5 Å². The quantitative estimate of drug-likeness (QED) is 0.819. The summed E-state index contributed by atoms with van der Waals surface area (Å²) >= 11 is 8.13. The van der Waals surface area contributed by atoms with E-state index >= 15 is 0 Å². The Morgan fingerprint density at radius 2 is 2.11 bits per heavy atom. The Morgan fingerprint density at radius 3 is 2.74 bits per heavy atom. The molecule has 0 aliphatic carbocycles. The van der Waals surface area contributed by atoms with Crippen LogP contribution in [-0.4, -0.2) is 18.0 Å². The molecule has 0 spiro atoms. The van der Waals surface area contributed by atoms with E-state index in [-0.39, 0.29) is 10.6 Å². The van der Waals surface area contributed by atoms with Crippen molar-refractivity contribution in [3.05, 3.63) is 34.1 Å². The lowest BCUT2D eigenvalue weighted by Crippen LogP contribution is -2.44. The molecule has 1 aromatic rings. The molecule has 1 unspecified atom stereocenters. The molecule has 0 bridgehead atoms. The maximum atomic E-state index is 14.0. The number of thiol groups is 1. The molecule has 1 heterocycles. The van der Waals surface area contributed by atoms with Crippen LogP contribution in [0.3, 0.4) is 0 Å². The van der Waals surface area contributed by atoms with Gasteiger partial charge in [-0.05, 0) is 44.4 Å². The van der Waals surface area contributed by atoms with Crippen LogP contribution in [0.5, 0.6) is 0 Å². The molecule has 2 nitrogen and oxygen atoms in total. The standard InChI is InChI=1S/C14H19BrFNOS/c1-13(17,9-14(19)4-6-18-7-5-14)11-8-10(15)2-3-12(11)16/h2-3,8,19H,4-7,9,17H2,1H3. The molecule has 2 rings (SSSR count). The molecule has 0 radical (unpaired) electrons. The number of hydrogen-bond acceptors (Lipinski definition) is 3. The van der Waals surface area contributed by atoms with Crippen LogP contribution < -0.4 is 5.73 Å². The lowest BCUT2D eigenvalue weighted by Gasteiger charge is -2.39. The summed E-state index contributed by atoms with van der Waals surface area (Å²) < 4.78 is 20.0. The van der Waals surface area contributed by atoms with Crippen molar-refractivity contribution in [2.75, 3.05) is 13.2 Å². The van der Waals surface area contributed by atoms with Gasteiger partial charge in [0.1, 0.15) is 5.82 Å². The average Bonchev–Trinajstić information content (AvgIpc) is 2.31. The highest BCUT2D eigenvalue weighted by Gasteiger charge is 2.37. The predicted molar refractivity (Wildman–Crippen MR) is 82.0 cm³/mol. The third kappa shape index (κ3) is 3.72. The van der Waals surface area contributed by atoms with Crippen molar-refractivity contribution < 1.29 is 9.13 Å². The molecule has 1 atom stereocenters. The van der Waals surface area contributed by atoms with E-state index in [1.54, 1.807) is 12.1 Å². The topological polar surface area (TPSA) is 35.2 Å². The molecule has 1 saturated heterocycles. The highest BCUT2D eigenvalue weighted by molar-refractivity contribution is 9.10. The lowest BCUT2D eigenvalue weighted by molar-refractivity contribution is 0.0698. The summed E-state index contributed by atoms with van der Waals surface area (Å²) in [4.78, 5) is 0. The summed E-state index contributed by atoms with van der Waals surface area (Å²) in [7, 11) is 0. The van der Waals surface area contributed by atoms with Crippen molar-refractivity contribution in [1.82, 2.24) is 0 Å². The van der Waals surface area contributed by atoms with Crippen molar-refractivity contribution in [3.63, 3.8) is 0 Å². The largest absolute Gasteiger partial charge is 0.381 e. The van der Waals surface area contributed by atoms with Gasteiger partial charge in [-0.15, -0.1) is 0 Å². The van der Waals surface area contributed by atoms with Gasteiger partial charge >= 0.3 is 0 Å². The molecular weight excluding hydrogens is 329 g/mol. The van der Waals surface area contributed by atoms with Gasteiger partial charge in [0.05, 0.1) is 0 Å². The van der Waals surface area contributed by atoms with E-state index in [1.165, 1.54) is 6.07 Å². The molecule has 0 saturated carbocycles. The van der Waals surface area contributed by atoms with Gasteiger partial charge in [-0.25, -0.2) is 4.39 Å². The van der Waals surface area contributed by atoms with Crippen molar-refractivity contribution in [2.24, 2.45) is 5.73 Å². The van der Waals surface area contributed by atoms with Crippen LogP contribution in [0.15, 0.2) is 22.7 Å². The molecular formula is C14H19BrFNOS. The van der Waals surface area contributed by atoms with Crippen LogP contribution in [-0.2, 0) is 10.3 Å². The summed E-state index contributed by atoms with van der Waals surface area (Å²) in [5.74, 6) is -0.266. The Bertz CT molecular complexity index is 461. The number of hydrogen-bond donors (Lipinski definition) is 2. The zero-order chi connectivity index (χ0) is 14.1. The van der Waals surface area contributed by atoms with Crippen molar-refractivity contribution >= 4 is 28.6 Å². The summed E-state index contributed by atoms with van der Waals surface area (Å²) in [5, 5.41) is 0. The molecule has 0 amide bonds. The molecule has 1 aliphatic rings. The Morgan fingerprint density at radius 1 is 1.47 bits per heavy atom. The van der Waals surface area contributed by atoms with Crippen LogP contribution in [0.2, 0.25) is 0 Å². The van der Waals surface area contributed by atoms with Crippen LogP contribution >= 0.6 is 28.6 Å². The van der Waals surface area contributed by atoms with Gasteiger partial charge in [-0.2, -0.15) is 12.6 Å². The Kier molecular flexibility index (Phi) is 4.60. The molecule has 5 heteroatoms. The molecule has 19 heavy (non-hydrogen) atoms. The third-order valence-corrected chi connectivity index (χ3v) is 4.76. The van der Waals surface area contributed by atoms with Crippen molar-refractivity contribution in [2.45, 2.75) is 36.5 Å². The predicted octanol–water partition coefficient (Wildman–Crippen LogP) is 3.63. The highest BCUT2D eigenvalue weighted by Crippen LogP contribution is 2.39. The number of halogens is 2. The van der Waals surface area contributed by atoms with E-state index in [4.69, 9.17) is 23.1 Å². The second-order valence-electron chi connectivity index (χ2n) is 5.56.